The van der Waals surface area contributed by atoms with Crippen molar-refractivity contribution in [3.8, 4) is 0 Å². The van der Waals surface area contributed by atoms with Crippen LogP contribution in [0.3, 0.4) is 0 Å². The van der Waals surface area contributed by atoms with Crippen LogP contribution in [0.25, 0.3) is 0 Å². The molecule has 0 saturated heterocycles. The van der Waals surface area contributed by atoms with Crippen molar-refractivity contribution in [1.82, 2.24) is 5.32 Å². The Morgan fingerprint density at radius 1 is 1.12 bits per heavy atom. The lowest BCUT2D eigenvalue weighted by molar-refractivity contribution is -0.154. The third-order valence-corrected chi connectivity index (χ3v) is 6.44. The van der Waals surface area contributed by atoms with E-state index in [4.69, 9.17) is 4.74 Å². The van der Waals surface area contributed by atoms with Gasteiger partial charge in [0.2, 0.25) is 5.91 Å². The molecular weight excluding hydrogens is 322 g/mol. The summed E-state index contributed by atoms with van der Waals surface area (Å²) >= 11 is 0. The van der Waals surface area contributed by atoms with Crippen molar-refractivity contribution in [3.05, 3.63) is 0 Å². The van der Waals surface area contributed by atoms with E-state index in [2.05, 4.69) is 5.32 Å². The van der Waals surface area contributed by atoms with Crippen molar-refractivity contribution in [2.24, 2.45) is 29.1 Å². The number of aliphatic carboxylic acids is 1. The highest BCUT2D eigenvalue weighted by molar-refractivity contribution is 5.88. The maximum atomic E-state index is 13.0. The lowest BCUT2D eigenvalue weighted by atomic mass is 9.49. The molecule has 0 spiro atoms. The molecule has 4 aliphatic rings. The molecule has 4 fully saturated rings. The quantitative estimate of drug-likeness (QED) is 0.687. The molecule has 140 valence electrons. The van der Waals surface area contributed by atoms with Gasteiger partial charge >= 0.3 is 11.9 Å². The highest BCUT2D eigenvalue weighted by Crippen LogP contribution is 2.60. The summed E-state index contributed by atoms with van der Waals surface area (Å²) in [6.45, 7) is 3.66. The third kappa shape index (κ3) is 3.67. The molecule has 4 saturated carbocycles. The highest BCUT2D eigenvalue weighted by atomic mass is 16.5. The van der Waals surface area contributed by atoms with Gasteiger partial charge in [-0.15, -0.1) is 0 Å². The van der Waals surface area contributed by atoms with Crippen LogP contribution in [-0.2, 0) is 19.1 Å². The van der Waals surface area contributed by atoms with E-state index in [-0.39, 0.29) is 24.3 Å². The van der Waals surface area contributed by atoms with Gasteiger partial charge in [-0.25, -0.2) is 4.79 Å². The summed E-state index contributed by atoms with van der Waals surface area (Å²) < 4.78 is 4.90. The molecule has 6 heteroatoms. The van der Waals surface area contributed by atoms with Gasteiger partial charge in [0, 0.05) is 5.41 Å². The van der Waals surface area contributed by atoms with Crippen molar-refractivity contribution in [3.63, 3.8) is 0 Å². The van der Waals surface area contributed by atoms with Crippen molar-refractivity contribution >= 4 is 17.8 Å². The summed E-state index contributed by atoms with van der Waals surface area (Å²) in [5, 5.41) is 12.3. The largest absolute Gasteiger partial charge is 0.480 e. The van der Waals surface area contributed by atoms with Crippen LogP contribution < -0.4 is 5.32 Å². The molecule has 0 heterocycles. The van der Waals surface area contributed by atoms with Crippen LogP contribution in [0, 0.1) is 29.1 Å². The Morgan fingerprint density at radius 2 is 1.64 bits per heavy atom. The lowest BCUT2D eigenvalue weighted by Crippen LogP contribution is -2.57. The number of carbonyl (C=O) groups is 3. The molecule has 0 radical (unpaired) electrons. The number of hydrogen-bond acceptors (Lipinski definition) is 4. The van der Waals surface area contributed by atoms with Gasteiger partial charge in [-0.2, -0.15) is 0 Å². The van der Waals surface area contributed by atoms with Gasteiger partial charge in [0.05, 0.1) is 13.0 Å². The van der Waals surface area contributed by atoms with Gasteiger partial charge in [0.1, 0.15) is 6.04 Å². The Balaban J connectivity index is 1.67. The van der Waals surface area contributed by atoms with Gasteiger partial charge < -0.3 is 15.2 Å². The predicted octanol–water partition coefficient (Wildman–Crippen LogP) is 2.36. The van der Waals surface area contributed by atoms with Crippen molar-refractivity contribution < 1.29 is 24.2 Å². The summed E-state index contributed by atoms with van der Waals surface area (Å²) in [6, 6.07) is -1.05. The fourth-order valence-electron chi connectivity index (χ4n) is 5.73. The van der Waals surface area contributed by atoms with E-state index in [0.717, 1.165) is 19.3 Å². The highest BCUT2D eigenvalue weighted by Gasteiger charge is 2.55. The number of carbonyl (C=O) groups excluding carboxylic acids is 2. The summed E-state index contributed by atoms with van der Waals surface area (Å²) in [5.74, 6) is -0.268. The van der Waals surface area contributed by atoms with E-state index in [1.54, 1.807) is 13.8 Å². The standard InChI is InChI=1S/C19H29NO5/c1-3-25-15(21)4-11(2)16(17(22)23)20-18(24)19-8-12-5-13(9-19)7-14(6-12)10-19/h11-14,16H,3-10H2,1-2H3,(H,20,24)(H,22,23)/t11-,12?,13?,14?,16+,19?/m0/s1. The smallest absolute Gasteiger partial charge is 0.326 e. The van der Waals surface area contributed by atoms with E-state index < -0.39 is 23.9 Å². The van der Waals surface area contributed by atoms with Crippen molar-refractivity contribution in [2.75, 3.05) is 6.61 Å². The summed E-state index contributed by atoms with van der Waals surface area (Å²) in [7, 11) is 0. The molecular formula is C19H29NO5. The molecule has 0 unspecified atom stereocenters. The fraction of sp³-hybridized carbons (Fsp3) is 0.842. The number of esters is 1. The summed E-state index contributed by atoms with van der Waals surface area (Å²) in [6.07, 6.45) is 6.36. The fourth-order valence-corrected chi connectivity index (χ4v) is 5.73. The lowest BCUT2D eigenvalue weighted by Gasteiger charge is -2.55. The second-order valence-corrected chi connectivity index (χ2v) is 8.47. The Kier molecular flexibility index (Phi) is 5.07. The van der Waals surface area contributed by atoms with Crippen LogP contribution in [0.15, 0.2) is 0 Å². The molecule has 4 aliphatic carbocycles. The van der Waals surface area contributed by atoms with Crippen LogP contribution in [0.1, 0.15) is 58.8 Å². The molecule has 0 aliphatic heterocycles. The third-order valence-electron chi connectivity index (χ3n) is 6.44. The zero-order chi connectivity index (χ0) is 18.2. The van der Waals surface area contributed by atoms with Gasteiger partial charge in [0.15, 0.2) is 0 Å². The second kappa shape index (κ2) is 6.96. The molecule has 2 N–H and O–H groups in total. The maximum absolute atomic E-state index is 13.0. The van der Waals surface area contributed by atoms with Gasteiger partial charge in [-0.05, 0) is 69.1 Å². The topological polar surface area (TPSA) is 92.7 Å². The maximum Gasteiger partial charge on any atom is 0.326 e. The zero-order valence-corrected chi connectivity index (χ0v) is 15.1. The van der Waals surface area contributed by atoms with E-state index in [1.165, 1.54) is 19.3 Å². The minimum absolute atomic E-state index is 0.00797. The SMILES string of the molecule is CCOC(=O)C[C@H](C)[C@@H](NC(=O)C12CC3CC(CC(C3)C1)C2)C(=O)O. The van der Waals surface area contributed by atoms with Crippen LogP contribution >= 0.6 is 0 Å². The molecule has 1 amide bonds. The minimum atomic E-state index is -1.09. The number of rotatable bonds is 7. The Morgan fingerprint density at radius 3 is 2.08 bits per heavy atom. The molecule has 4 bridgehead atoms. The van der Waals surface area contributed by atoms with Gasteiger partial charge in [-0.3, -0.25) is 9.59 Å². The number of carboxylic acids is 1. The number of nitrogens with one attached hydrogen (secondary N) is 1. The van der Waals surface area contributed by atoms with E-state index in [0.29, 0.717) is 17.8 Å². The van der Waals surface area contributed by atoms with Gasteiger partial charge in [-0.1, -0.05) is 6.92 Å². The zero-order valence-electron chi connectivity index (χ0n) is 15.1. The van der Waals surface area contributed by atoms with E-state index >= 15 is 0 Å². The Hall–Kier alpha value is -1.59. The molecule has 0 aromatic heterocycles. The normalized spacial score (nSPS) is 35.0. The molecule has 6 nitrogen and oxygen atoms in total. The molecule has 25 heavy (non-hydrogen) atoms. The van der Waals surface area contributed by atoms with Crippen molar-refractivity contribution in [2.45, 2.75) is 64.8 Å². The number of ether oxygens (including phenoxy) is 1. The average Bonchev–Trinajstić information content (AvgIpc) is 2.50. The van der Waals surface area contributed by atoms with Crippen molar-refractivity contribution in [1.29, 1.82) is 0 Å². The minimum Gasteiger partial charge on any atom is -0.480 e. The van der Waals surface area contributed by atoms with Crippen LogP contribution in [-0.4, -0.2) is 35.6 Å². The molecule has 4 rings (SSSR count). The molecule has 2 atom stereocenters. The molecule has 0 aromatic carbocycles. The predicted molar refractivity (Wildman–Crippen MR) is 90.6 cm³/mol. The monoisotopic (exact) mass is 351 g/mol. The Labute approximate surface area is 148 Å². The summed E-state index contributed by atoms with van der Waals surface area (Å²) in [5.41, 5.74) is -0.383. The number of amides is 1. The van der Waals surface area contributed by atoms with E-state index in [1.807, 2.05) is 0 Å². The van der Waals surface area contributed by atoms with Crippen LogP contribution in [0.5, 0.6) is 0 Å². The number of hydrogen-bond donors (Lipinski definition) is 2. The second-order valence-electron chi connectivity index (χ2n) is 8.47. The first-order valence-corrected chi connectivity index (χ1v) is 9.52. The average molecular weight is 351 g/mol. The first kappa shape index (κ1) is 18.2. The van der Waals surface area contributed by atoms with Crippen LogP contribution in [0.4, 0.5) is 0 Å². The van der Waals surface area contributed by atoms with E-state index in [9.17, 15) is 19.5 Å². The molecule has 0 aromatic rings. The van der Waals surface area contributed by atoms with Crippen LogP contribution in [0.2, 0.25) is 0 Å². The van der Waals surface area contributed by atoms with Gasteiger partial charge in [0.25, 0.3) is 0 Å². The number of carboxylic acid groups (broad SMARTS) is 1. The summed E-state index contributed by atoms with van der Waals surface area (Å²) in [4.78, 5) is 36.4. The Bertz CT molecular complexity index is 523. The first-order valence-electron chi connectivity index (χ1n) is 9.52. The first-order chi connectivity index (χ1) is 11.8.